The molecule has 0 spiro atoms. The zero-order valence-corrected chi connectivity index (χ0v) is 11.4. The predicted octanol–water partition coefficient (Wildman–Crippen LogP) is 3.22. The molecule has 0 aliphatic heterocycles. The maximum Gasteiger partial charge on any atom is 0.177 e. The van der Waals surface area contributed by atoms with Gasteiger partial charge in [0.05, 0.1) is 6.54 Å². The van der Waals surface area contributed by atoms with Crippen molar-refractivity contribution < 1.29 is 4.79 Å². The minimum atomic E-state index is 0.234. The Kier molecular flexibility index (Phi) is 5.36. The fourth-order valence-electron chi connectivity index (χ4n) is 2.08. The van der Waals surface area contributed by atoms with Crippen molar-refractivity contribution in [1.82, 2.24) is 4.90 Å². The molecule has 0 unspecified atom stereocenters. The van der Waals surface area contributed by atoms with E-state index < -0.39 is 0 Å². The molecule has 1 rings (SSSR count). The Labute approximate surface area is 105 Å². The Balaban J connectivity index is 2.75. The molecule has 0 aromatic heterocycles. The number of likely N-dealkylation sites (N-methyl/N-ethyl adjacent to an activating group) is 1. The molecule has 2 heteroatoms. The number of carbonyl (C=O) groups is 1. The normalized spacial score (nSPS) is 10.9. The average molecular weight is 233 g/mol. The van der Waals surface area contributed by atoms with E-state index in [4.69, 9.17) is 0 Å². The monoisotopic (exact) mass is 233 g/mol. The fraction of sp³-hybridized carbons (Fsp3) is 0.533. The summed E-state index contributed by atoms with van der Waals surface area (Å²) in [5, 5.41) is 0. The lowest BCUT2D eigenvalue weighted by Crippen LogP contribution is -2.30. The van der Waals surface area contributed by atoms with Crippen molar-refractivity contribution in [2.45, 2.75) is 34.1 Å². The van der Waals surface area contributed by atoms with Gasteiger partial charge in [-0.15, -0.1) is 0 Å². The summed E-state index contributed by atoms with van der Waals surface area (Å²) in [6.07, 6.45) is 1.09. The molecule has 0 heterocycles. The smallest absolute Gasteiger partial charge is 0.177 e. The van der Waals surface area contributed by atoms with Gasteiger partial charge in [-0.05, 0) is 38.9 Å². The van der Waals surface area contributed by atoms with E-state index in [9.17, 15) is 4.79 Å². The zero-order valence-electron chi connectivity index (χ0n) is 11.4. The Morgan fingerprint density at radius 1 is 1.24 bits per heavy atom. The SMILES string of the molecule is CCCN(CC)CC(=O)c1ccc(C)cc1C. The van der Waals surface area contributed by atoms with Crippen LogP contribution in [0.1, 0.15) is 41.8 Å². The molecule has 0 saturated carbocycles. The summed E-state index contributed by atoms with van der Waals surface area (Å²) in [5.74, 6) is 0.234. The summed E-state index contributed by atoms with van der Waals surface area (Å²) in [6, 6.07) is 6.03. The van der Waals surface area contributed by atoms with Gasteiger partial charge in [0.1, 0.15) is 0 Å². The number of benzene rings is 1. The molecule has 17 heavy (non-hydrogen) atoms. The highest BCUT2D eigenvalue weighted by Gasteiger charge is 2.12. The third-order valence-corrected chi connectivity index (χ3v) is 3.04. The Morgan fingerprint density at radius 2 is 1.94 bits per heavy atom. The molecule has 0 atom stereocenters. The Bertz CT molecular complexity index is 385. The number of nitrogens with zero attached hydrogens (tertiary/aromatic N) is 1. The minimum absolute atomic E-state index is 0.234. The lowest BCUT2D eigenvalue weighted by atomic mass is 10.0. The Morgan fingerprint density at radius 3 is 2.47 bits per heavy atom. The van der Waals surface area contributed by atoms with Crippen molar-refractivity contribution in [3.63, 3.8) is 0 Å². The molecule has 0 fully saturated rings. The van der Waals surface area contributed by atoms with Crippen molar-refractivity contribution in [2.75, 3.05) is 19.6 Å². The van der Waals surface area contributed by atoms with E-state index in [-0.39, 0.29) is 5.78 Å². The fourth-order valence-corrected chi connectivity index (χ4v) is 2.08. The molecule has 0 aliphatic rings. The van der Waals surface area contributed by atoms with Crippen LogP contribution in [0.15, 0.2) is 18.2 Å². The number of rotatable bonds is 6. The van der Waals surface area contributed by atoms with Crippen molar-refractivity contribution in [3.05, 3.63) is 34.9 Å². The lowest BCUT2D eigenvalue weighted by molar-refractivity contribution is 0.0933. The summed E-state index contributed by atoms with van der Waals surface area (Å²) in [5.41, 5.74) is 3.16. The van der Waals surface area contributed by atoms with Gasteiger partial charge in [0.15, 0.2) is 5.78 Å². The van der Waals surface area contributed by atoms with E-state index in [0.717, 1.165) is 30.6 Å². The first-order chi connectivity index (χ1) is 8.08. The predicted molar refractivity (Wildman–Crippen MR) is 72.7 cm³/mol. The van der Waals surface area contributed by atoms with E-state index >= 15 is 0 Å². The van der Waals surface area contributed by atoms with Crippen LogP contribution < -0.4 is 0 Å². The van der Waals surface area contributed by atoms with Crippen LogP contribution in [0.2, 0.25) is 0 Å². The van der Waals surface area contributed by atoms with Crippen LogP contribution in [0.5, 0.6) is 0 Å². The highest BCUT2D eigenvalue weighted by atomic mass is 16.1. The van der Waals surface area contributed by atoms with Gasteiger partial charge >= 0.3 is 0 Å². The third-order valence-electron chi connectivity index (χ3n) is 3.04. The van der Waals surface area contributed by atoms with Gasteiger partial charge in [-0.25, -0.2) is 0 Å². The van der Waals surface area contributed by atoms with Gasteiger partial charge in [0.25, 0.3) is 0 Å². The molecule has 1 aromatic rings. The first-order valence-electron chi connectivity index (χ1n) is 6.41. The number of carbonyl (C=O) groups excluding carboxylic acids is 1. The summed E-state index contributed by atoms with van der Waals surface area (Å²) < 4.78 is 0. The molecule has 0 radical (unpaired) electrons. The number of ketones is 1. The number of hydrogen-bond acceptors (Lipinski definition) is 2. The molecule has 0 amide bonds. The molecule has 0 N–H and O–H groups in total. The largest absolute Gasteiger partial charge is 0.296 e. The second-order valence-electron chi connectivity index (χ2n) is 4.61. The van der Waals surface area contributed by atoms with Crippen LogP contribution in [0.4, 0.5) is 0 Å². The molecule has 1 aromatic carbocycles. The maximum absolute atomic E-state index is 12.2. The summed E-state index contributed by atoms with van der Waals surface area (Å²) >= 11 is 0. The molecule has 0 saturated heterocycles. The highest BCUT2D eigenvalue weighted by Crippen LogP contribution is 2.12. The first-order valence-corrected chi connectivity index (χ1v) is 6.41. The average Bonchev–Trinajstić information content (AvgIpc) is 2.28. The van der Waals surface area contributed by atoms with Gasteiger partial charge < -0.3 is 0 Å². The second-order valence-corrected chi connectivity index (χ2v) is 4.61. The molecule has 0 aliphatic carbocycles. The quantitative estimate of drug-likeness (QED) is 0.703. The number of Topliss-reactive ketones (excluding diaryl/α,β-unsaturated/α-hetero) is 1. The van der Waals surface area contributed by atoms with E-state index in [0.29, 0.717) is 6.54 Å². The van der Waals surface area contributed by atoms with Crippen molar-refractivity contribution in [3.8, 4) is 0 Å². The minimum Gasteiger partial charge on any atom is -0.296 e. The van der Waals surface area contributed by atoms with E-state index in [1.54, 1.807) is 0 Å². The molecular formula is C15H23NO. The van der Waals surface area contributed by atoms with E-state index in [1.165, 1.54) is 5.56 Å². The van der Waals surface area contributed by atoms with Crippen LogP contribution in [-0.4, -0.2) is 30.3 Å². The lowest BCUT2D eigenvalue weighted by Gasteiger charge is -2.19. The van der Waals surface area contributed by atoms with Crippen molar-refractivity contribution in [1.29, 1.82) is 0 Å². The van der Waals surface area contributed by atoms with Crippen LogP contribution >= 0.6 is 0 Å². The third kappa shape index (κ3) is 3.97. The van der Waals surface area contributed by atoms with Gasteiger partial charge in [-0.2, -0.15) is 0 Å². The van der Waals surface area contributed by atoms with Gasteiger partial charge in [0, 0.05) is 5.56 Å². The number of hydrogen-bond donors (Lipinski definition) is 0. The van der Waals surface area contributed by atoms with Crippen LogP contribution in [0, 0.1) is 13.8 Å². The number of aryl methyl sites for hydroxylation is 2. The van der Waals surface area contributed by atoms with Gasteiger partial charge in [-0.1, -0.05) is 37.6 Å². The van der Waals surface area contributed by atoms with Gasteiger partial charge in [-0.3, -0.25) is 9.69 Å². The van der Waals surface area contributed by atoms with Crippen LogP contribution in [-0.2, 0) is 0 Å². The summed E-state index contributed by atoms with van der Waals surface area (Å²) in [7, 11) is 0. The van der Waals surface area contributed by atoms with Crippen LogP contribution in [0.25, 0.3) is 0 Å². The van der Waals surface area contributed by atoms with Crippen LogP contribution in [0.3, 0.4) is 0 Å². The summed E-state index contributed by atoms with van der Waals surface area (Å²) in [6.45, 7) is 10.8. The van der Waals surface area contributed by atoms with Gasteiger partial charge in [0.2, 0.25) is 0 Å². The Hall–Kier alpha value is -1.15. The molecule has 2 nitrogen and oxygen atoms in total. The topological polar surface area (TPSA) is 20.3 Å². The van der Waals surface area contributed by atoms with Crippen molar-refractivity contribution >= 4 is 5.78 Å². The van der Waals surface area contributed by atoms with Crippen molar-refractivity contribution in [2.24, 2.45) is 0 Å². The zero-order chi connectivity index (χ0) is 12.8. The highest BCUT2D eigenvalue weighted by molar-refractivity contribution is 5.98. The second kappa shape index (κ2) is 6.55. The van der Waals surface area contributed by atoms with E-state index in [1.807, 2.05) is 19.1 Å². The first kappa shape index (κ1) is 13.9. The molecule has 0 bridgehead atoms. The standard InChI is InChI=1S/C15H23NO/c1-5-9-16(6-2)11-15(17)14-8-7-12(3)10-13(14)4/h7-8,10H,5-6,9,11H2,1-4H3. The summed E-state index contributed by atoms with van der Waals surface area (Å²) in [4.78, 5) is 14.4. The maximum atomic E-state index is 12.2. The molecular weight excluding hydrogens is 210 g/mol. The van der Waals surface area contributed by atoms with E-state index in [2.05, 4.69) is 31.7 Å². The molecule has 94 valence electrons.